The Morgan fingerprint density at radius 1 is 1.38 bits per heavy atom. The summed E-state index contributed by atoms with van der Waals surface area (Å²) in [5, 5.41) is 2.94. The molecule has 1 aliphatic rings. The predicted molar refractivity (Wildman–Crippen MR) is 64.1 cm³/mol. The van der Waals surface area contributed by atoms with E-state index in [4.69, 9.17) is 10.5 Å². The number of nitrogens with one attached hydrogen (secondary N) is 1. The van der Waals surface area contributed by atoms with Crippen LogP contribution in [0.2, 0.25) is 0 Å². The Morgan fingerprint density at radius 2 is 2.06 bits per heavy atom. The molecule has 0 bridgehead atoms. The van der Waals surface area contributed by atoms with Crippen molar-refractivity contribution in [3.8, 4) is 0 Å². The molecule has 4 heteroatoms. The number of nitrogens with two attached hydrogens (primary N) is 1. The van der Waals surface area contributed by atoms with Gasteiger partial charge in [0, 0.05) is 13.2 Å². The zero-order chi connectivity index (χ0) is 11.9. The molecule has 0 aliphatic heterocycles. The summed E-state index contributed by atoms with van der Waals surface area (Å²) in [5.74, 6) is -0.0275. The van der Waals surface area contributed by atoms with Gasteiger partial charge in [-0.05, 0) is 31.7 Å². The Bertz CT molecular complexity index is 213. The van der Waals surface area contributed by atoms with Gasteiger partial charge < -0.3 is 15.8 Å². The van der Waals surface area contributed by atoms with Gasteiger partial charge in [-0.2, -0.15) is 0 Å². The van der Waals surface area contributed by atoms with Gasteiger partial charge in [0.2, 0.25) is 5.91 Å². The molecule has 0 atom stereocenters. The lowest BCUT2D eigenvalue weighted by molar-refractivity contribution is -0.126. The molecule has 4 nitrogen and oxygen atoms in total. The Balaban J connectivity index is 2.30. The quantitative estimate of drug-likeness (QED) is 0.714. The van der Waals surface area contributed by atoms with Crippen LogP contribution < -0.4 is 11.1 Å². The smallest absolute Gasteiger partial charge is 0.246 e. The van der Waals surface area contributed by atoms with Gasteiger partial charge in [-0.3, -0.25) is 4.79 Å². The van der Waals surface area contributed by atoms with Crippen LogP contribution in [-0.2, 0) is 9.53 Å². The highest BCUT2D eigenvalue weighted by Crippen LogP contribution is 2.34. The first-order valence-corrected chi connectivity index (χ1v) is 6.27. The minimum Gasteiger partial charge on any atom is -0.372 e. The molecule has 0 spiro atoms. The summed E-state index contributed by atoms with van der Waals surface area (Å²) in [7, 11) is 0. The Kier molecular flexibility index (Phi) is 5.77. The summed E-state index contributed by atoms with van der Waals surface area (Å²) in [6.45, 7) is 4.00. The van der Waals surface area contributed by atoms with E-state index >= 15 is 0 Å². The Hall–Kier alpha value is -0.610. The topological polar surface area (TPSA) is 64.3 Å². The van der Waals surface area contributed by atoms with Crippen LogP contribution in [0, 0.1) is 5.41 Å². The van der Waals surface area contributed by atoms with Crippen LogP contribution >= 0.6 is 0 Å². The van der Waals surface area contributed by atoms with Gasteiger partial charge in [-0.1, -0.05) is 19.3 Å². The van der Waals surface area contributed by atoms with Crippen LogP contribution in [0.1, 0.15) is 39.0 Å². The third kappa shape index (κ3) is 4.10. The van der Waals surface area contributed by atoms with E-state index in [1.54, 1.807) is 0 Å². The van der Waals surface area contributed by atoms with Gasteiger partial charge in [0.15, 0.2) is 0 Å². The number of carbonyl (C=O) groups is 1. The fraction of sp³-hybridized carbons (Fsp3) is 0.917. The molecular weight excluding hydrogens is 204 g/mol. The fourth-order valence-corrected chi connectivity index (χ4v) is 2.29. The highest BCUT2D eigenvalue weighted by molar-refractivity contribution is 5.77. The lowest BCUT2D eigenvalue weighted by Gasteiger charge is -2.36. The molecule has 16 heavy (non-hydrogen) atoms. The molecule has 94 valence electrons. The summed E-state index contributed by atoms with van der Waals surface area (Å²) in [6, 6.07) is 0. The van der Waals surface area contributed by atoms with Crippen LogP contribution in [0.25, 0.3) is 0 Å². The molecule has 0 unspecified atom stereocenters. The highest BCUT2D eigenvalue weighted by Gasteiger charge is 2.30. The van der Waals surface area contributed by atoms with Gasteiger partial charge in [-0.25, -0.2) is 0 Å². The van der Waals surface area contributed by atoms with Crippen molar-refractivity contribution < 1.29 is 9.53 Å². The van der Waals surface area contributed by atoms with Crippen molar-refractivity contribution in [1.82, 2.24) is 5.32 Å². The number of hydrogen-bond donors (Lipinski definition) is 2. The molecule has 1 amide bonds. The van der Waals surface area contributed by atoms with E-state index in [2.05, 4.69) is 5.32 Å². The van der Waals surface area contributed by atoms with Crippen LogP contribution in [0.3, 0.4) is 0 Å². The molecule has 1 fully saturated rings. The number of rotatable bonds is 6. The number of ether oxygens (including phenoxy) is 1. The third-order valence-electron chi connectivity index (χ3n) is 3.45. The lowest BCUT2D eigenvalue weighted by Crippen LogP contribution is -2.44. The Morgan fingerprint density at radius 3 is 2.62 bits per heavy atom. The Labute approximate surface area is 97.9 Å². The largest absolute Gasteiger partial charge is 0.372 e. The van der Waals surface area contributed by atoms with Crippen molar-refractivity contribution in [1.29, 1.82) is 0 Å². The molecule has 0 saturated heterocycles. The number of hydrogen-bond acceptors (Lipinski definition) is 3. The van der Waals surface area contributed by atoms with Crippen molar-refractivity contribution in [2.75, 3.05) is 26.3 Å². The molecule has 1 saturated carbocycles. The summed E-state index contributed by atoms with van der Waals surface area (Å²) in [6.07, 6.45) is 6.04. The maximum atomic E-state index is 11.4. The lowest BCUT2D eigenvalue weighted by atomic mass is 9.74. The van der Waals surface area contributed by atoms with E-state index in [9.17, 15) is 4.79 Å². The first-order valence-electron chi connectivity index (χ1n) is 6.27. The third-order valence-corrected chi connectivity index (χ3v) is 3.45. The second-order valence-electron chi connectivity index (χ2n) is 4.68. The van der Waals surface area contributed by atoms with E-state index in [-0.39, 0.29) is 17.9 Å². The number of amides is 1. The van der Waals surface area contributed by atoms with Crippen molar-refractivity contribution in [3.05, 3.63) is 0 Å². The van der Waals surface area contributed by atoms with Gasteiger partial charge in [0.05, 0.1) is 0 Å². The van der Waals surface area contributed by atoms with Crippen LogP contribution in [0.4, 0.5) is 0 Å². The number of carbonyl (C=O) groups excluding carboxylic acids is 1. The van der Waals surface area contributed by atoms with Gasteiger partial charge >= 0.3 is 0 Å². The zero-order valence-corrected chi connectivity index (χ0v) is 10.3. The minimum atomic E-state index is -0.0275. The zero-order valence-electron chi connectivity index (χ0n) is 10.3. The minimum absolute atomic E-state index is 0.0275. The molecule has 1 aliphatic carbocycles. The second-order valence-corrected chi connectivity index (χ2v) is 4.68. The maximum Gasteiger partial charge on any atom is 0.246 e. The molecular formula is C12H24N2O2. The van der Waals surface area contributed by atoms with Crippen molar-refractivity contribution in [2.24, 2.45) is 11.1 Å². The maximum absolute atomic E-state index is 11.4. The first kappa shape index (κ1) is 13.5. The molecule has 3 N–H and O–H groups in total. The molecule has 0 radical (unpaired) electrons. The van der Waals surface area contributed by atoms with Crippen LogP contribution in [0.5, 0.6) is 0 Å². The standard InChI is InChI=1S/C12H24N2O2/c1-2-16-8-11(15)14-10-12(9-13)6-4-3-5-7-12/h2-10,13H2,1H3,(H,14,15). The van der Waals surface area contributed by atoms with Gasteiger partial charge in [0.1, 0.15) is 6.61 Å². The van der Waals surface area contributed by atoms with Crippen LogP contribution in [-0.4, -0.2) is 32.2 Å². The summed E-state index contributed by atoms with van der Waals surface area (Å²) < 4.78 is 5.06. The fourth-order valence-electron chi connectivity index (χ4n) is 2.29. The van der Waals surface area contributed by atoms with Crippen molar-refractivity contribution in [3.63, 3.8) is 0 Å². The molecule has 0 aromatic heterocycles. The van der Waals surface area contributed by atoms with E-state index in [0.29, 0.717) is 19.7 Å². The SMILES string of the molecule is CCOCC(=O)NCC1(CN)CCCCC1. The summed E-state index contributed by atoms with van der Waals surface area (Å²) in [5.41, 5.74) is 5.98. The van der Waals surface area contributed by atoms with E-state index in [0.717, 1.165) is 12.8 Å². The first-order chi connectivity index (χ1) is 7.72. The highest BCUT2D eigenvalue weighted by atomic mass is 16.5. The van der Waals surface area contributed by atoms with E-state index in [1.807, 2.05) is 6.92 Å². The van der Waals surface area contributed by atoms with E-state index in [1.165, 1.54) is 19.3 Å². The molecule has 1 rings (SSSR count). The average Bonchev–Trinajstić information content (AvgIpc) is 2.35. The summed E-state index contributed by atoms with van der Waals surface area (Å²) >= 11 is 0. The predicted octanol–water partition coefficient (Wildman–Crippen LogP) is 1.05. The second kappa shape index (κ2) is 6.86. The van der Waals surface area contributed by atoms with Gasteiger partial charge in [0.25, 0.3) is 0 Å². The summed E-state index contributed by atoms with van der Waals surface area (Å²) in [4.78, 5) is 11.4. The van der Waals surface area contributed by atoms with Crippen LogP contribution in [0.15, 0.2) is 0 Å². The normalized spacial score (nSPS) is 19.4. The average molecular weight is 228 g/mol. The molecule has 0 aromatic rings. The van der Waals surface area contributed by atoms with Gasteiger partial charge in [-0.15, -0.1) is 0 Å². The van der Waals surface area contributed by atoms with E-state index < -0.39 is 0 Å². The monoisotopic (exact) mass is 228 g/mol. The molecule has 0 heterocycles. The van der Waals surface area contributed by atoms with Crippen molar-refractivity contribution >= 4 is 5.91 Å². The van der Waals surface area contributed by atoms with Crippen molar-refractivity contribution in [2.45, 2.75) is 39.0 Å². The molecule has 0 aromatic carbocycles.